The highest BCUT2D eigenvalue weighted by Crippen LogP contribution is 2.34. The summed E-state index contributed by atoms with van der Waals surface area (Å²) in [5.41, 5.74) is 4.73. The van der Waals surface area contributed by atoms with Gasteiger partial charge in [0.1, 0.15) is 17.5 Å². The highest BCUT2D eigenvalue weighted by molar-refractivity contribution is 5.87. The second kappa shape index (κ2) is 10.2. The van der Waals surface area contributed by atoms with Gasteiger partial charge in [0, 0.05) is 36.3 Å². The van der Waals surface area contributed by atoms with E-state index in [9.17, 15) is 18.3 Å². The van der Waals surface area contributed by atoms with Gasteiger partial charge >= 0.3 is 0 Å². The Bertz CT molecular complexity index is 1270. The molecule has 1 atom stereocenters. The van der Waals surface area contributed by atoms with Crippen LogP contribution in [0.5, 0.6) is 0 Å². The second-order valence-corrected chi connectivity index (χ2v) is 8.63. The fourth-order valence-corrected chi connectivity index (χ4v) is 4.82. The lowest BCUT2D eigenvalue weighted by Gasteiger charge is -2.28. The van der Waals surface area contributed by atoms with Gasteiger partial charge in [-0.05, 0) is 85.1 Å². The number of aliphatic hydroxyl groups is 1. The molecule has 0 spiro atoms. The van der Waals surface area contributed by atoms with Crippen molar-refractivity contribution in [1.29, 1.82) is 0 Å². The maximum atomic E-state index is 14.1. The predicted molar refractivity (Wildman–Crippen MR) is 130 cm³/mol. The van der Waals surface area contributed by atoms with Crippen molar-refractivity contribution in [2.24, 2.45) is 0 Å². The summed E-state index contributed by atoms with van der Waals surface area (Å²) in [5, 5.41) is 11.3. The van der Waals surface area contributed by atoms with Crippen molar-refractivity contribution in [3.63, 3.8) is 0 Å². The van der Waals surface area contributed by atoms with Crippen LogP contribution in [0.4, 0.5) is 13.2 Å². The van der Waals surface area contributed by atoms with Crippen LogP contribution in [0.25, 0.3) is 16.6 Å². The summed E-state index contributed by atoms with van der Waals surface area (Å²) in [5.74, 6) is -0.878. The number of aliphatic hydroxyl groups excluding tert-OH is 1. The van der Waals surface area contributed by atoms with Crippen molar-refractivity contribution >= 4 is 23.3 Å². The normalized spacial score (nSPS) is 14.6. The summed E-state index contributed by atoms with van der Waals surface area (Å²) in [4.78, 5) is 2.32. The van der Waals surface area contributed by atoms with Gasteiger partial charge in [-0.3, -0.25) is 4.90 Å². The van der Waals surface area contributed by atoms with Crippen LogP contribution in [-0.4, -0.2) is 27.7 Å². The van der Waals surface area contributed by atoms with Crippen molar-refractivity contribution in [1.82, 2.24) is 9.47 Å². The van der Waals surface area contributed by atoms with Crippen LogP contribution in [-0.2, 0) is 13.0 Å². The van der Waals surface area contributed by atoms with Gasteiger partial charge in [-0.2, -0.15) is 0 Å². The second-order valence-electron chi connectivity index (χ2n) is 8.63. The van der Waals surface area contributed by atoms with Crippen LogP contribution in [0.3, 0.4) is 0 Å². The highest BCUT2D eigenvalue weighted by atomic mass is 35.5. The lowest BCUT2D eigenvalue weighted by molar-refractivity contribution is 0.153. The molecule has 0 aliphatic carbocycles. The molecule has 2 heterocycles. The van der Waals surface area contributed by atoms with Crippen molar-refractivity contribution in [3.8, 4) is 5.69 Å². The highest BCUT2D eigenvalue weighted by Gasteiger charge is 2.25. The van der Waals surface area contributed by atoms with E-state index in [1.165, 1.54) is 30.3 Å². The van der Waals surface area contributed by atoms with E-state index in [0.29, 0.717) is 13.0 Å². The van der Waals surface area contributed by atoms with Crippen LogP contribution in [0.2, 0.25) is 0 Å². The molecule has 0 radical (unpaired) electrons. The molecule has 3 aromatic carbocycles. The molecular formula is C27H26ClF3N2O. The molecule has 1 N–H and O–H groups in total. The molecule has 178 valence electrons. The Hall–Kier alpha value is -2.80. The zero-order chi connectivity index (χ0) is 22.9. The van der Waals surface area contributed by atoms with Crippen LogP contribution in [0.1, 0.15) is 35.8 Å². The SMILES string of the molecule is Cl.OC(CCCN1CCc2c(c3cc(F)ccc3n2-c2ccc(F)cc2)C1)c1ccc(F)cc1. The van der Waals surface area contributed by atoms with Crippen molar-refractivity contribution < 1.29 is 18.3 Å². The zero-order valence-electron chi connectivity index (χ0n) is 18.6. The minimum atomic E-state index is -0.625. The lowest BCUT2D eigenvalue weighted by Crippen LogP contribution is -2.32. The lowest BCUT2D eigenvalue weighted by atomic mass is 10.0. The van der Waals surface area contributed by atoms with Crippen molar-refractivity contribution in [2.45, 2.75) is 31.9 Å². The summed E-state index contributed by atoms with van der Waals surface area (Å²) in [6.45, 7) is 2.34. The van der Waals surface area contributed by atoms with E-state index < -0.39 is 6.10 Å². The maximum Gasteiger partial charge on any atom is 0.123 e. The molecule has 0 amide bonds. The molecular weight excluding hydrogens is 461 g/mol. The summed E-state index contributed by atoms with van der Waals surface area (Å²) in [6.07, 6.45) is 1.55. The number of aromatic nitrogens is 1. The number of fused-ring (bicyclic) bond motifs is 3. The third-order valence-corrected chi connectivity index (χ3v) is 6.48. The van der Waals surface area contributed by atoms with E-state index in [1.54, 1.807) is 36.4 Å². The Morgan fingerprint density at radius 1 is 0.853 bits per heavy atom. The van der Waals surface area contributed by atoms with E-state index in [0.717, 1.165) is 59.3 Å². The Balaban J connectivity index is 0.00000274. The number of nitrogens with zero attached hydrogens (tertiary/aromatic N) is 2. The minimum Gasteiger partial charge on any atom is -0.388 e. The molecule has 4 aromatic rings. The van der Waals surface area contributed by atoms with E-state index in [2.05, 4.69) is 9.47 Å². The molecule has 1 aliphatic heterocycles. The molecule has 1 unspecified atom stereocenters. The Kier molecular flexibility index (Phi) is 7.31. The van der Waals surface area contributed by atoms with E-state index in [4.69, 9.17) is 0 Å². The Morgan fingerprint density at radius 2 is 1.50 bits per heavy atom. The third-order valence-electron chi connectivity index (χ3n) is 6.48. The summed E-state index contributed by atoms with van der Waals surface area (Å²) >= 11 is 0. The quantitative estimate of drug-likeness (QED) is 0.344. The number of hydrogen-bond acceptors (Lipinski definition) is 2. The number of rotatable bonds is 6. The first-order valence-electron chi connectivity index (χ1n) is 11.2. The van der Waals surface area contributed by atoms with E-state index in [1.807, 2.05) is 0 Å². The topological polar surface area (TPSA) is 28.4 Å². The smallest absolute Gasteiger partial charge is 0.123 e. The van der Waals surface area contributed by atoms with Crippen LogP contribution < -0.4 is 0 Å². The van der Waals surface area contributed by atoms with Crippen molar-refractivity contribution in [2.75, 3.05) is 13.1 Å². The first-order chi connectivity index (χ1) is 16.0. The molecule has 0 fully saturated rings. The molecule has 0 saturated carbocycles. The average Bonchev–Trinajstić information content (AvgIpc) is 3.13. The van der Waals surface area contributed by atoms with Crippen LogP contribution in [0, 0.1) is 17.5 Å². The van der Waals surface area contributed by atoms with Gasteiger partial charge in [-0.15, -0.1) is 12.4 Å². The van der Waals surface area contributed by atoms with Gasteiger partial charge in [-0.1, -0.05) is 12.1 Å². The molecule has 1 aliphatic rings. The summed E-state index contributed by atoms with van der Waals surface area (Å²) in [6, 6.07) is 17.2. The molecule has 0 bridgehead atoms. The van der Waals surface area contributed by atoms with E-state index in [-0.39, 0.29) is 29.9 Å². The van der Waals surface area contributed by atoms with Crippen LogP contribution >= 0.6 is 12.4 Å². The summed E-state index contributed by atoms with van der Waals surface area (Å²) < 4.78 is 42.8. The zero-order valence-corrected chi connectivity index (χ0v) is 19.4. The first kappa shape index (κ1) is 24.3. The standard InChI is InChI=1S/C27H25F3N2O.ClH/c28-19-5-3-18(4-6-19)27(33)2-1-14-31-15-13-26-24(17-31)23-16-21(30)9-12-25(23)32(26)22-10-7-20(29)8-11-22;/h3-12,16,27,33H,1-2,13-15,17H2;1H. The minimum absolute atomic E-state index is 0. The van der Waals surface area contributed by atoms with Crippen LogP contribution in [0.15, 0.2) is 66.7 Å². The van der Waals surface area contributed by atoms with Gasteiger partial charge in [0.05, 0.1) is 11.6 Å². The monoisotopic (exact) mass is 486 g/mol. The molecule has 5 rings (SSSR count). The fourth-order valence-electron chi connectivity index (χ4n) is 4.82. The Labute approximate surface area is 202 Å². The van der Waals surface area contributed by atoms with Gasteiger partial charge in [0.15, 0.2) is 0 Å². The largest absolute Gasteiger partial charge is 0.388 e. The molecule has 3 nitrogen and oxygen atoms in total. The first-order valence-corrected chi connectivity index (χ1v) is 11.2. The number of hydrogen-bond donors (Lipinski definition) is 1. The van der Waals surface area contributed by atoms with Gasteiger partial charge in [0.2, 0.25) is 0 Å². The third kappa shape index (κ3) is 4.85. The number of benzene rings is 3. The van der Waals surface area contributed by atoms with Crippen molar-refractivity contribution in [3.05, 3.63) is 101 Å². The average molecular weight is 487 g/mol. The summed E-state index contributed by atoms with van der Waals surface area (Å²) in [7, 11) is 0. The Morgan fingerprint density at radius 3 is 2.21 bits per heavy atom. The fraction of sp³-hybridized carbons (Fsp3) is 0.259. The van der Waals surface area contributed by atoms with Gasteiger partial charge in [-0.25, -0.2) is 13.2 Å². The molecule has 1 aromatic heterocycles. The molecule has 0 saturated heterocycles. The molecule has 7 heteroatoms. The van der Waals surface area contributed by atoms with E-state index >= 15 is 0 Å². The molecule has 34 heavy (non-hydrogen) atoms. The number of halogens is 4. The van der Waals surface area contributed by atoms with Gasteiger partial charge < -0.3 is 9.67 Å². The van der Waals surface area contributed by atoms with Gasteiger partial charge in [0.25, 0.3) is 0 Å². The maximum absolute atomic E-state index is 14.1. The predicted octanol–water partition coefficient (Wildman–Crippen LogP) is 6.34.